The standard InChI is InChI=1S/C31H31N3O7/c1-21-18-25(41-20-22-6-3-2-4-7-22)10-11-26(21)29(35)27-28(23-8-5-9-24(19-23)34(38)39)33(31(37)30(27)36)13-12-32-14-16-40-17-15-32/h2-11,18-19,28,35H,12-17,20H2,1H3/t28-/m1/s1. The van der Waals surface area contributed by atoms with Crippen molar-refractivity contribution in [3.05, 3.63) is 111 Å². The van der Waals surface area contributed by atoms with E-state index in [1.807, 2.05) is 30.3 Å². The molecule has 0 bridgehead atoms. The van der Waals surface area contributed by atoms with E-state index in [2.05, 4.69) is 4.90 Å². The van der Waals surface area contributed by atoms with E-state index in [-0.39, 0.29) is 23.6 Å². The van der Waals surface area contributed by atoms with Crippen LogP contribution >= 0.6 is 0 Å². The maximum atomic E-state index is 13.4. The van der Waals surface area contributed by atoms with E-state index in [0.717, 1.165) is 5.56 Å². The number of hydrogen-bond donors (Lipinski definition) is 1. The molecule has 0 saturated carbocycles. The number of ketones is 1. The molecule has 1 amide bonds. The number of ether oxygens (including phenoxy) is 2. The van der Waals surface area contributed by atoms with Crippen LogP contribution in [-0.2, 0) is 20.9 Å². The summed E-state index contributed by atoms with van der Waals surface area (Å²) in [5.74, 6) is -1.33. The minimum Gasteiger partial charge on any atom is -0.507 e. The van der Waals surface area contributed by atoms with Crippen LogP contribution in [-0.4, -0.2) is 70.9 Å². The minimum absolute atomic E-state index is 0.0986. The average molecular weight is 558 g/mol. The topological polar surface area (TPSA) is 122 Å². The van der Waals surface area contributed by atoms with E-state index in [0.29, 0.717) is 61.9 Å². The summed E-state index contributed by atoms with van der Waals surface area (Å²) >= 11 is 0. The second kappa shape index (κ2) is 12.3. The fourth-order valence-corrected chi connectivity index (χ4v) is 5.22. The fraction of sp³-hybridized carbons (Fsp3) is 0.290. The van der Waals surface area contributed by atoms with E-state index in [1.165, 1.54) is 23.1 Å². The van der Waals surface area contributed by atoms with Crippen molar-refractivity contribution >= 4 is 23.1 Å². The van der Waals surface area contributed by atoms with Gasteiger partial charge in [0.15, 0.2) is 0 Å². The highest BCUT2D eigenvalue weighted by molar-refractivity contribution is 6.46. The van der Waals surface area contributed by atoms with Gasteiger partial charge in [-0.25, -0.2) is 0 Å². The monoisotopic (exact) mass is 557 g/mol. The summed E-state index contributed by atoms with van der Waals surface area (Å²) in [5, 5.41) is 23.0. The Morgan fingerprint density at radius 3 is 2.49 bits per heavy atom. The van der Waals surface area contributed by atoms with Crippen LogP contribution in [0.15, 0.2) is 78.4 Å². The summed E-state index contributed by atoms with van der Waals surface area (Å²) in [4.78, 5) is 41.3. The molecular weight excluding hydrogens is 526 g/mol. The number of amides is 1. The summed E-state index contributed by atoms with van der Waals surface area (Å²) in [6.07, 6.45) is 0. The number of aliphatic hydroxyl groups is 1. The highest BCUT2D eigenvalue weighted by atomic mass is 16.6. The number of morpholine rings is 1. The third-order valence-corrected chi connectivity index (χ3v) is 7.40. The highest BCUT2D eigenvalue weighted by Crippen LogP contribution is 2.41. The van der Waals surface area contributed by atoms with Crippen molar-refractivity contribution in [3.63, 3.8) is 0 Å². The lowest BCUT2D eigenvalue weighted by Gasteiger charge is -2.31. The first-order chi connectivity index (χ1) is 19.8. The van der Waals surface area contributed by atoms with Crippen LogP contribution in [0, 0.1) is 17.0 Å². The Labute approximate surface area is 237 Å². The van der Waals surface area contributed by atoms with Gasteiger partial charge in [-0.15, -0.1) is 0 Å². The Morgan fingerprint density at radius 1 is 1.02 bits per heavy atom. The molecule has 10 heteroatoms. The van der Waals surface area contributed by atoms with Crippen LogP contribution < -0.4 is 4.74 Å². The van der Waals surface area contributed by atoms with Crippen LogP contribution in [0.2, 0.25) is 0 Å². The molecule has 2 fully saturated rings. The lowest BCUT2D eigenvalue weighted by molar-refractivity contribution is -0.384. The van der Waals surface area contributed by atoms with E-state index in [9.17, 15) is 24.8 Å². The third kappa shape index (κ3) is 6.13. The number of carbonyl (C=O) groups is 2. The Kier molecular flexibility index (Phi) is 8.42. The summed E-state index contributed by atoms with van der Waals surface area (Å²) in [6.45, 7) is 5.41. The first-order valence-corrected chi connectivity index (χ1v) is 13.4. The molecule has 2 heterocycles. The highest BCUT2D eigenvalue weighted by Gasteiger charge is 2.46. The summed E-state index contributed by atoms with van der Waals surface area (Å²) in [5.41, 5.74) is 2.13. The van der Waals surface area contributed by atoms with Crippen LogP contribution in [0.5, 0.6) is 5.75 Å². The number of aryl methyl sites for hydroxylation is 1. The van der Waals surface area contributed by atoms with Gasteiger partial charge in [0.05, 0.1) is 29.8 Å². The summed E-state index contributed by atoms with van der Waals surface area (Å²) < 4.78 is 11.3. The van der Waals surface area contributed by atoms with Crippen LogP contribution in [0.3, 0.4) is 0 Å². The quantitative estimate of drug-likeness (QED) is 0.136. The lowest BCUT2D eigenvalue weighted by Crippen LogP contribution is -2.42. The largest absolute Gasteiger partial charge is 0.507 e. The molecule has 10 nitrogen and oxygen atoms in total. The Hall–Kier alpha value is -4.54. The van der Waals surface area contributed by atoms with Crippen molar-refractivity contribution in [1.82, 2.24) is 9.80 Å². The SMILES string of the molecule is Cc1cc(OCc2ccccc2)ccc1C(O)=C1C(=O)C(=O)N(CCN2CCOCC2)[C@@H]1c1cccc([N+](=O)[O-])c1. The Morgan fingerprint density at radius 2 is 1.78 bits per heavy atom. The zero-order valence-electron chi connectivity index (χ0n) is 22.7. The number of carbonyl (C=O) groups excluding carboxylic acids is 2. The van der Waals surface area contributed by atoms with Crippen molar-refractivity contribution in [1.29, 1.82) is 0 Å². The molecule has 41 heavy (non-hydrogen) atoms. The average Bonchev–Trinajstić information content (AvgIpc) is 3.25. The smallest absolute Gasteiger partial charge is 0.295 e. The van der Waals surface area contributed by atoms with Gasteiger partial charge in [-0.1, -0.05) is 42.5 Å². The van der Waals surface area contributed by atoms with Crippen molar-refractivity contribution in [2.45, 2.75) is 19.6 Å². The number of nitro benzene ring substituents is 1. The van der Waals surface area contributed by atoms with Crippen molar-refractivity contribution in [3.8, 4) is 5.75 Å². The number of Topliss-reactive ketones (excluding diaryl/α,β-unsaturated/α-hetero) is 1. The molecule has 1 atom stereocenters. The maximum absolute atomic E-state index is 13.4. The molecule has 0 radical (unpaired) electrons. The molecule has 3 aromatic rings. The number of aliphatic hydroxyl groups excluding tert-OH is 1. The van der Waals surface area contributed by atoms with Gasteiger partial charge in [0.1, 0.15) is 18.1 Å². The van der Waals surface area contributed by atoms with Gasteiger partial charge in [-0.05, 0) is 41.8 Å². The number of rotatable bonds is 9. The van der Waals surface area contributed by atoms with Crippen molar-refractivity contribution in [2.75, 3.05) is 39.4 Å². The molecule has 212 valence electrons. The molecule has 0 aromatic heterocycles. The van der Waals surface area contributed by atoms with Gasteiger partial charge in [0.25, 0.3) is 17.4 Å². The molecule has 1 N–H and O–H groups in total. The van der Waals surface area contributed by atoms with Gasteiger partial charge in [-0.2, -0.15) is 0 Å². The van der Waals surface area contributed by atoms with Gasteiger partial charge in [0.2, 0.25) is 0 Å². The first-order valence-electron chi connectivity index (χ1n) is 13.4. The van der Waals surface area contributed by atoms with Gasteiger partial charge in [-0.3, -0.25) is 24.6 Å². The number of benzene rings is 3. The van der Waals surface area contributed by atoms with E-state index in [4.69, 9.17) is 9.47 Å². The predicted octanol–water partition coefficient (Wildman–Crippen LogP) is 4.24. The van der Waals surface area contributed by atoms with Gasteiger partial charge >= 0.3 is 0 Å². The zero-order valence-corrected chi connectivity index (χ0v) is 22.7. The fourth-order valence-electron chi connectivity index (χ4n) is 5.22. The molecule has 2 aliphatic heterocycles. The summed E-state index contributed by atoms with van der Waals surface area (Å²) in [7, 11) is 0. The molecule has 3 aromatic carbocycles. The number of nitro groups is 1. The molecule has 5 rings (SSSR count). The number of nitrogens with zero attached hydrogens (tertiary/aromatic N) is 3. The van der Waals surface area contributed by atoms with E-state index >= 15 is 0 Å². The predicted molar refractivity (Wildman–Crippen MR) is 151 cm³/mol. The number of likely N-dealkylation sites (tertiary alicyclic amines) is 1. The van der Waals surface area contributed by atoms with Crippen LogP contribution in [0.4, 0.5) is 5.69 Å². The first kappa shape index (κ1) is 28.0. The van der Waals surface area contributed by atoms with Crippen molar-refractivity contribution in [2.24, 2.45) is 0 Å². The normalized spacial score (nSPS) is 19.0. The number of non-ortho nitro benzene ring substituents is 1. The lowest BCUT2D eigenvalue weighted by atomic mass is 9.93. The van der Waals surface area contributed by atoms with Gasteiger partial charge in [0, 0.05) is 43.9 Å². The second-order valence-corrected chi connectivity index (χ2v) is 10.0. The van der Waals surface area contributed by atoms with E-state index < -0.39 is 22.7 Å². The zero-order chi connectivity index (χ0) is 28.9. The Balaban J connectivity index is 1.49. The Bertz CT molecular complexity index is 1480. The molecule has 0 unspecified atom stereocenters. The maximum Gasteiger partial charge on any atom is 0.295 e. The van der Waals surface area contributed by atoms with E-state index in [1.54, 1.807) is 31.2 Å². The second-order valence-electron chi connectivity index (χ2n) is 10.0. The molecule has 2 aliphatic rings. The molecule has 2 saturated heterocycles. The molecule has 0 spiro atoms. The number of hydrogen-bond acceptors (Lipinski definition) is 8. The summed E-state index contributed by atoms with van der Waals surface area (Å²) in [6, 6.07) is 19.7. The van der Waals surface area contributed by atoms with Crippen LogP contribution in [0.25, 0.3) is 5.76 Å². The molecule has 0 aliphatic carbocycles. The van der Waals surface area contributed by atoms with Crippen LogP contribution in [0.1, 0.15) is 28.3 Å². The molecular formula is C31H31N3O7. The van der Waals surface area contributed by atoms with Gasteiger partial charge < -0.3 is 19.5 Å². The minimum atomic E-state index is -0.982. The van der Waals surface area contributed by atoms with Crippen molar-refractivity contribution < 1.29 is 29.1 Å². The third-order valence-electron chi connectivity index (χ3n) is 7.40.